The molecule has 3 aromatic carbocycles. The van der Waals surface area contributed by atoms with Crippen molar-refractivity contribution in [2.75, 3.05) is 0 Å². The summed E-state index contributed by atoms with van der Waals surface area (Å²) in [5.41, 5.74) is 4.02. The smallest absolute Gasteiger partial charge is 0.244 e. The molecule has 4 N–H and O–H groups in total. The third kappa shape index (κ3) is 7.29. The molecule has 3 rings (SSSR count). The van der Waals surface area contributed by atoms with Gasteiger partial charge in [0.15, 0.2) is 0 Å². The fraction of sp³-hybridized carbons (Fsp3) is 0.192. The first-order chi connectivity index (χ1) is 16.1. The van der Waals surface area contributed by atoms with Crippen molar-refractivity contribution in [2.24, 2.45) is 0 Å². The monoisotopic (exact) mass is 445 g/mol. The number of carbonyl (C=O) groups excluding carboxylic acids is 3. The van der Waals surface area contributed by atoms with Crippen LogP contribution in [0.3, 0.4) is 0 Å². The Bertz CT molecular complexity index is 1040. The van der Waals surface area contributed by atoms with Crippen LogP contribution < -0.4 is 16.1 Å². The predicted octanol–water partition coefficient (Wildman–Crippen LogP) is 2.71. The second kappa shape index (κ2) is 12.2. The molecule has 7 nitrogen and oxygen atoms in total. The quantitative estimate of drug-likeness (QED) is 0.284. The van der Waals surface area contributed by atoms with Gasteiger partial charge in [0.25, 0.3) is 0 Å². The van der Waals surface area contributed by atoms with Gasteiger partial charge in [0.1, 0.15) is 6.04 Å². The molecule has 0 fully saturated rings. The number of hydrogen-bond acceptors (Lipinski definition) is 4. The van der Waals surface area contributed by atoms with Crippen LogP contribution in [0.2, 0.25) is 0 Å². The van der Waals surface area contributed by atoms with Crippen LogP contribution in [0.15, 0.2) is 91.0 Å². The van der Waals surface area contributed by atoms with E-state index >= 15 is 0 Å². The summed E-state index contributed by atoms with van der Waals surface area (Å²) in [5, 5.41) is 14.7. The van der Waals surface area contributed by atoms with Crippen molar-refractivity contribution in [3.63, 3.8) is 0 Å². The van der Waals surface area contributed by atoms with Crippen LogP contribution in [0, 0.1) is 0 Å². The Morgan fingerprint density at radius 3 is 1.85 bits per heavy atom. The van der Waals surface area contributed by atoms with Crippen molar-refractivity contribution in [3.8, 4) is 0 Å². The molecule has 0 aliphatic heterocycles. The molecule has 2 atom stereocenters. The molecule has 0 aliphatic rings. The molecule has 7 heteroatoms. The van der Waals surface area contributed by atoms with Gasteiger partial charge >= 0.3 is 0 Å². The van der Waals surface area contributed by atoms with E-state index in [1.54, 1.807) is 35.8 Å². The van der Waals surface area contributed by atoms with Gasteiger partial charge in [-0.1, -0.05) is 91.0 Å². The summed E-state index contributed by atoms with van der Waals surface area (Å²) in [6.07, 6.45) is 0.0386. The number of hydroxylamine groups is 1. The first-order valence-electron chi connectivity index (χ1n) is 10.7. The Kier molecular flexibility index (Phi) is 8.73. The van der Waals surface area contributed by atoms with Crippen LogP contribution in [0.1, 0.15) is 29.0 Å². The lowest BCUT2D eigenvalue weighted by Gasteiger charge is -2.22. The zero-order valence-corrected chi connectivity index (χ0v) is 18.1. The summed E-state index contributed by atoms with van der Waals surface area (Å²) in [6.45, 7) is 0.329. The number of amides is 3. The van der Waals surface area contributed by atoms with Crippen molar-refractivity contribution >= 4 is 17.7 Å². The fourth-order valence-electron chi connectivity index (χ4n) is 3.52. The Hall–Kier alpha value is -3.97. The highest BCUT2D eigenvalue weighted by Crippen LogP contribution is 2.20. The Balaban J connectivity index is 1.78. The molecule has 170 valence electrons. The van der Waals surface area contributed by atoms with Crippen molar-refractivity contribution in [2.45, 2.75) is 31.3 Å². The maximum absolute atomic E-state index is 13.2. The first kappa shape index (κ1) is 23.7. The second-order valence-electron chi connectivity index (χ2n) is 7.66. The summed E-state index contributed by atoms with van der Waals surface area (Å²) in [6, 6.07) is 26.8. The summed E-state index contributed by atoms with van der Waals surface area (Å²) < 4.78 is 0. The SMILES string of the molecule is O=C(C[C@@H](C(=O)N[C@@H](Cc1ccccc1)C(=O)NCc1ccccc1)c1ccccc1)NO. The van der Waals surface area contributed by atoms with Crippen LogP contribution in [0.4, 0.5) is 0 Å². The minimum atomic E-state index is -0.862. The summed E-state index contributed by atoms with van der Waals surface area (Å²) in [5.74, 6) is -2.35. The second-order valence-corrected chi connectivity index (χ2v) is 7.66. The van der Waals surface area contributed by atoms with Crippen molar-refractivity contribution in [1.82, 2.24) is 16.1 Å². The molecule has 0 unspecified atom stereocenters. The van der Waals surface area contributed by atoms with Gasteiger partial charge in [-0.25, -0.2) is 5.48 Å². The maximum atomic E-state index is 13.2. The van der Waals surface area contributed by atoms with E-state index in [9.17, 15) is 14.4 Å². The van der Waals surface area contributed by atoms with Gasteiger partial charge in [-0.15, -0.1) is 0 Å². The number of hydrogen-bond donors (Lipinski definition) is 4. The van der Waals surface area contributed by atoms with E-state index in [-0.39, 0.29) is 12.3 Å². The summed E-state index contributed by atoms with van der Waals surface area (Å²) >= 11 is 0. The van der Waals surface area contributed by atoms with E-state index in [1.165, 1.54) is 0 Å². The largest absolute Gasteiger partial charge is 0.350 e. The molecule has 0 aromatic heterocycles. The van der Waals surface area contributed by atoms with Crippen LogP contribution >= 0.6 is 0 Å². The van der Waals surface area contributed by atoms with Gasteiger partial charge in [0, 0.05) is 19.4 Å². The minimum Gasteiger partial charge on any atom is -0.350 e. The van der Waals surface area contributed by atoms with Gasteiger partial charge in [0.2, 0.25) is 17.7 Å². The fourth-order valence-corrected chi connectivity index (χ4v) is 3.52. The molecule has 0 saturated carbocycles. The average molecular weight is 446 g/mol. The van der Waals surface area contributed by atoms with Crippen LogP contribution in [-0.4, -0.2) is 29.0 Å². The maximum Gasteiger partial charge on any atom is 0.244 e. The molecule has 0 bridgehead atoms. The lowest BCUT2D eigenvalue weighted by atomic mass is 9.93. The van der Waals surface area contributed by atoms with Gasteiger partial charge in [-0.05, 0) is 16.7 Å². The van der Waals surface area contributed by atoms with Crippen molar-refractivity contribution < 1.29 is 19.6 Å². The molecule has 0 radical (unpaired) electrons. The summed E-state index contributed by atoms with van der Waals surface area (Å²) in [4.78, 5) is 38.1. The molecule has 0 aliphatic carbocycles. The first-order valence-corrected chi connectivity index (χ1v) is 10.7. The highest BCUT2D eigenvalue weighted by atomic mass is 16.5. The number of nitrogens with one attached hydrogen (secondary N) is 3. The standard InChI is InChI=1S/C26H27N3O4/c30-24(29-33)17-22(21-14-8-3-9-15-21)25(31)28-23(16-19-10-4-1-5-11-19)26(32)27-18-20-12-6-2-7-13-20/h1-15,22-23,33H,16-18H2,(H,27,32)(H,28,31)(H,29,30)/t22-,23+/m1/s1. The molecular formula is C26H27N3O4. The normalized spacial score (nSPS) is 12.3. The lowest BCUT2D eigenvalue weighted by molar-refractivity contribution is -0.134. The van der Waals surface area contributed by atoms with Gasteiger partial charge in [0.05, 0.1) is 5.92 Å². The van der Waals surface area contributed by atoms with E-state index < -0.39 is 23.8 Å². The van der Waals surface area contributed by atoms with Crippen molar-refractivity contribution in [1.29, 1.82) is 0 Å². The van der Waals surface area contributed by atoms with Crippen LogP contribution in [0.25, 0.3) is 0 Å². The zero-order chi connectivity index (χ0) is 23.5. The van der Waals surface area contributed by atoms with Crippen LogP contribution in [-0.2, 0) is 27.3 Å². The molecule has 3 amide bonds. The molecule has 0 saturated heterocycles. The number of rotatable bonds is 10. The zero-order valence-electron chi connectivity index (χ0n) is 18.1. The topological polar surface area (TPSA) is 108 Å². The highest BCUT2D eigenvalue weighted by Gasteiger charge is 2.28. The number of carbonyl (C=O) groups is 3. The van der Waals surface area contributed by atoms with E-state index in [2.05, 4.69) is 10.6 Å². The Morgan fingerprint density at radius 2 is 1.27 bits per heavy atom. The van der Waals surface area contributed by atoms with E-state index in [4.69, 9.17) is 5.21 Å². The lowest BCUT2D eigenvalue weighted by Crippen LogP contribution is -2.49. The van der Waals surface area contributed by atoms with E-state index in [0.717, 1.165) is 11.1 Å². The van der Waals surface area contributed by atoms with Gasteiger partial charge in [-0.3, -0.25) is 19.6 Å². The van der Waals surface area contributed by atoms with Crippen molar-refractivity contribution in [3.05, 3.63) is 108 Å². The van der Waals surface area contributed by atoms with E-state index in [1.807, 2.05) is 60.7 Å². The molecular weight excluding hydrogens is 418 g/mol. The third-order valence-corrected chi connectivity index (χ3v) is 5.26. The van der Waals surface area contributed by atoms with Crippen LogP contribution in [0.5, 0.6) is 0 Å². The summed E-state index contributed by atoms with van der Waals surface area (Å²) in [7, 11) is 0. The molecule has 3 aromatic rings. The Labute approximate surface area is 192 Å². The minimum absolute atomic E-state index is 0.254. The Morgan fingerprint density at radius 1 is 0.727 bits per heavy atom. The molecule has 33 heavy (non-hydrogen) atoms. The van der Waals surface area contributed by atoms with Gasteiger partial charge in [-0.2, -0.15) is 0 Å². The third-order valence-electron chi connectivity index (χ3n) is 5.26. The molecule has 0 heterocycles. The van der Waals surface area contributed by atoms with Gasteiger partial charge < -0.3 is 10.6 Å². The predicted molar refractivity (Wildman–Crippen MR) is 124 cm³/mol. The average Bonchev–Trinajstić information content (AvgIpc) is 2.87. The van der Waals surface area contributed by atoms with E-state index in [0.29, 0.717) is 18.5 Å². The highest BCUT2D eigenvalue weighted by molar-refractivity contribution is 5.93. The molecule has 0 spiro atoms. The number of benzene rings is 3.